The molecule has 4 aliphatic carbocycles. The topological polar surface area (TPSA) is 26.3 Å². The Morgan fingerprint density at radius 2 is 1.62 bits per heavy atom. The average molecular weight is 444 g/mol. The predicted octanol–water partition coefficient (Wildman–Crippen LogP) is 6.93. The number of hydrogen-bond acceptors (Lipinski definition) is 2. The van der Waals surface area contributed by atoms with Gasteiger partial charge in [0, 0.05) is 0 Å². The van der Waals surface area contributed by atoms with Crippen LogP contribution in [0, 0.1) is 29.6 Å². The third-order valence-electron chi connectivity index (χ3n) is 8.18. The number of esters is 1. The molecular weight excluding hydrogens is 412 g/mol. The van der Waals surface area contributed by atoms with Crippen LogP contribution in [0.25, 0.3) is 0 Å². The van der Waals surface area contributed by atoms with E-state index in [4.69, 9.17) is 4.74 Å². The molecule has 0 spiro atoms. The third-order valence-corrected chi connectivity index (χ3v) is 10.4. The molecule has 2 nitrogen and oxygen atoms in total. The number of carbonyl (C=O) groups excluding carboxylic acids is 1. The van der Waals surface area contributed by atoms with Crippen LogP contribution in [-0.2, 0) is 15.7 Å². The van der Waals surface area contributed by atoms with Gasteiger partial charge in [-0.2, -0.15) is 0 Å². The van der Waals surface area contributed by atoms with Gasteiger partial charge < -0.3 is 4.74 Å². The van der Waals surface area contributed by atoms with E-state index in [1.807, 2.05) is 12.1 Å². The van der Waals surface area contributed by atoms with Crippen molar-refractivity contribution in [3.05, 3.63) is 77.7 Å². The van der Waals surface area contributed by atoms with Crippen molar-refractivity contribution in [1.82, 2.24) is 0 Å². The number of hydrogen-bond donors (Lipinski definition) is 0. The summed E-state index contributed by atoms with van der Waals surface area (Å²) in [5, 5.41) is 0. The van der Waals surface area contributed by atoms with Crippen LogP contribution in [0.4, 0.5) is 0 Å². The zero-order valence-corrected chi connectivity index (χ0v) is 19.3. The maximum atomic E-state index is 13.0. The van der Waals surface area contributed by atoms with E-state index >= 15 is 0 Å². The fourth-order valence-corrected chi connectivity index (χ4v) is 9.05. The summed E-state index contributed by atoms with van der Waals surface area (Å²) in [5.74, 6) is 3.87. The first-order valence-corrected chi connectivity index (χ1v) is 13.5. The quantitative estimate of drug-likeness (QED) is 0.284. The fraction of sp³-hybridized carbons (Fsp3) is 0.414. The third kappa shape index (κ3) is 3.65. The zero-order valence-electron chi connectivity index (χ0n) is 18.5. The Morgan fingerprint density at radius 1 is 0.844 bits per heavy atom. The lowest BCUT2D eigenvalue weighted by atomic mass is 9.76. The van der Waals surface area contributed by atoms with Crippen LogP contribution in [0.3, 0.4) is 0 Å². The summed E-state index contributed by atoms with van der Waals surface area (Å²) in [4.78, 5) is 17.0. The van der Waals surface area contributed by atoms with E-state index < -0.39 is 0 Å². The summed E-state index contributed by atoms with van der Waals surface area (Å²) in [6, 6.07) is 19.0. The fourth-order valence-electron chi connectivity index (χ4n) is 6.88. The number of benzene rings is 2. The van der Waals surface area contributed by atoms with Gasteiger partial charge in [0.05, 0.1) is 16.8 Å². The number of rotatable bonds is 5. The first kappa shape index (κ1) is 20.4. The van der Waals surface area contributed by atoms with Gasteiger partial charge >= 0.3 is 5.97 Å². The minimum absolute atomic E-state index is 0.00980. The summed E-state index contributed by atoms with van der Waals surface area (Å²) < 4.78 is 5.92. The highest BCUT2D eigenvalue weighted by Gasteiger charge is 2.56. The van der Waals surface area contributed by atoms with Gasteiger partial charge in [0.1, 0.15) is 5.75 Å². The van der Waals surface area contributed by atoms with E-state index in [1.165, 1.54) is 40.4 Å². The molecule has 0 radical (unpaired) electrons. The van der Waals surface area contributed by atoms with Crippen LogP contribution >= 0.6 is 0 Å². The second-order valence-corrected chi connectivity index (χ2v) is 11.9. The van der Waals surface area contributed by atoms with Crippen molar-refractivity contribution < 1.29 is 9.53 Å². The van der Waals surface area contributed by atoms with Crippen LogP contribution < -0.4 is 4.74 Å². The molecule has 164 valence electrons. The minimum atomic E-state index is -0.131. The second-order valence-electron chi connectivity index (χ2n) is 9.86. The van der Waals surface area contributed by atoms with Gasteiger partial charge in [-0.15, -0.1) is 0 Å². The zero-order chi connectivity index (χ0) is 21.5. The monoisotopic (exact) mass is 443 g/mol. The normalized spacial score (nSPS) is 31.2. The summed E-state index contributed by atoms with van der Waals surface area (Å²) >= 11 is 0. The van der Waals surface area contributed by atoms with Gasteiger partial charge in [-0.1, -0.05) is 30.7 Å². The smallest absolute Gasteiger partial charge is 0.314 e. The Hall–Kier alpha value is -2.26. The lowest BCUT2D eigenvalue weighted by molar-refractivity contribution is -0.141. The second kappa shape index (κ2) is 8.59. The summed E-state index contributed by atoms with van der Waals surface area (Å²) in [6.45, 7) is 0. The molecule has 4 aliphatic rings. The number of allylic oxidation sites excluding steroid dienone is 3. The Bertz CT molecular complexity index is 1040. The van der Waals surface area contributed by atoms with Gasteiger partial charge in [0.15, 0.2) is 14.7 Å². The van der Waals surface area contributed by atoms with Crippen molar-refractivity contribution in [2.75, 3.05) is 0 Å². The van der Waals surface area contributed by atoms with Crippen LogP contribution in [0.1, 0.15) is 44.9 Å². The molecule has 6 unspecified atom stereocenters. The first-order chi connectivity index (χ1) is 15.8. The molecule has 0 amide bonds. The molecule has 2 aromatic carbocycles. The van der Waals surface area contributed by atoms with E-state index in [1.54, 1.807) is 0 Å². The van der Waals surface area contributed by atoms with Crippen LogP contribution in [0.5, 0.6) is 5.75 Å². The molecule has 0 heterocycles. The molecule has 0 N–H and O–H groups in total. The average Bonchev–Trinajstić information content (AvgIpc) is 3.56. The maximum Gasteiger partial charge on any atom is 0.314 e. The first-order valence-electron chi connectivity index (χ1n) is 12.3. The number of ether oxygens (including phenoxy) is 1. The van der Waals surface area contributed by atoms with E-state index in [9.17, 15) is 4.79 Å². The van der Waals surface area contributed by atoms with Crippen LogP contribution in [-0.4, -0.2) is 5.97 Å². The molecule has 6 atom stereocenters. The minimum Gasteiger partial charge on any atom is -0.426 e. The summed E-state index contributed by atoms with van der Waals surface area (Å²) in [6.07, 6.45) is 15.5. The molecule has 3 fully saturated rings. The predicted molar refractivity (Wildman–Crippen MR) is 129 cm³/mol. The van der Waals surface area contributed by atoms with Gasteiger partial charge in [-0.05, 0) is 111 Å². The largest absolute Gasteiger partial charge is 0.426 e. The number of fused-ring (bicyclic) bond motifs is 5. The van der Waals surface area contributed by atoms with Crippen molar-refractivity contribution in [3.63, 3.8) is 0 Å². The molecule has 3 heteroatoms. The van der Waals surface area contributed by atoms with Crippen LogP contribution in [0.2, 0.25) is 0 Å². The van der Waals surface area contributed by atoms with Crippen LogP contribution in [0.15, 0.2) is 87.5 Å². The van der Waals surface area contributed by atoms with E-state index in [0.29, 0.717) is 11.7 Å². The molecule has 2 aromatic rings. The Labute approximate surface area is 194 Å². The maximum absolute atomic E-state index is 13.0. The Kier molecular flexibility index (Phi) is 5.46. The lowest BCUT2D eigenvalue weighted by Gasteiger charge is -2.30. The molecular formula is C29H31O2S+. The Morgan fingerprint density at radius 3 is 2.41 bits per heavy atom. The molecule has 3 saturated carbocycles. The highest BCUT2D eigenvalue weighted by molar-refractivity contribution is 8.00. The molecule has 0 saturated heterocycles. The van der Waals surface area contributed by atoms with Crippen molar-refractivity contribution in [3.8, 4) is 5.75 Å². The van der Waals surface area contributed by atoms with Crippen molar-refractivity contribution in [1.29, 1.82) is 0 Å². The SMILES string of the molecule is O=C(Oc1ccc([S+](C2=CCCC=C2)c2ccccc2)cc1)C1CC2CC1C1CCCC21. The standard InChI is InChI=1S/C29H31O2S/c30-29(28-19-20-18-27(28)26-13-7-12-25(20)26)31-21-14-16-24(17-15-21)32(22-8-3-1-4-9-22)23-10-5-2-6-11-23/h1,3-5,8-11,14-17,20,25-28H,2,6-7,12-13,18-19H2/q+1. The van der Waals surface area contributed by atoms with Gasteiger partial charge in [0.2, 0.25) is 0 Å². The van der Waals surface area contributed by atoms with Crippen molar-refractivity contribution in [2.45, 2.75) is 54.7 Å². The molecule has 0 aromatic heterocycles. The van der Waals surface area contributed by atoms with E-state index in [2.05, 4.69) is 60.7 Å². The molecule has 6 rings (SSSR count). The Balaban J connectivity index is 1.19. The van der Waals surface area contributed by atoms with Gasteiger partial charge in [0.25, 0.3) is 0 Å². The molecule has 2 bridgehead atoms. The highest BCUT2D eigenvalue weighted by atomic mass is 32.2. The summed E-state index contributed by atoms with van der Waals surface area (Å²) in [7, 11) is -0.131. The molecule has 0 aliphatic heterocycles. The molecule has 32 heavy (non-hydrogen) atoms. The van der Waals surface area contributed by atoms with Gasteiger partial charge in [-0.25, -0.2) is 0 Å². The highest BCUT2D eigenvalue weighted by Crippen LogP contribution is 2.61. The van der Waals surface area contributed by atoms with Gasteiger partial charge in [-0.3, -0.25) is 4.79 Å². The van der Waals surface area contributed by atoms with Crippen molar-refractivity contribution in [2.24, 2.45) is 29.6 Å². The van der Waals surface area contributed by atoms with E-state index in [-0.39, 0.29) is 22.8 Å². The lowest BCUT2D eigenvalue weighted by Crippen LogP contribution is -2.32. The van der Waals surface area contributed by atoms with Crippen molar-refractivity contribution >= 4 is 16.9 Å². The summed E-state index contributed by atoms with van der Waals surface area (Å²) in [5.41, 5.74) is 0. The number of carbonyl (C=O) groups is 1. The van der Waals surface area contributed by atoms with E-state index in [0.717, 1.165) is 37.0 Å².